The van der Waals surface area contributed by atoms with Crippen LogP contribution < -0.4 is 62.9 Å². The van der Waals surface area contributed by atoms with Crippen LogP contribution in [0.5, 0.6) is 46.0 Å². The average molecular weight is 1690 g/mol. The highest BCUT2D eigenvalue weighted by molar-refractivity contribution is 8.13. The maximum Gasteiger partial charge on any atom is 0.265 e. The maximum absolute atomic E-state index is 14.2. The quantitative estimate of drug-likeness (QED) is 0.0419. The zero-order valence-corrected chi connectivity index (χ0v) is 71.3. The number of Topliss-reactive ketones (excluding diaryl/α,β-unsaturated/α-hetero) is 1. The second-order valence-corrected chi connectivity index (χ2v) is 38.0. The fourth-order valence-corrected chi connectivity index (χ4v) is 21.1. The van der Waals surface area contributed by atoms with Crippen molar-refractivity contribution in [1.82, 2.24) is 14.7 Å². The molecule has 29 heteroatoms. The van der Waals surface area contributed by atoms with Gasteiger partial charge in [0.15, 0.2) is 0 Å². The van der Waals surface area contributed by atoms with E-state index in [4.69, 9.17) is 54.3 Å². The summed E-state index contributed by atoms with van der Waals surface area (Å²) in [6.45, 7) is 6.67. The van der Waals surface area contributed by atoms with Gasteiger partial charge in [0, 0.05) is 85.8 Å². The predicted molar refractivity (Wildman–Crippen MR) is 454 cm³/mol. The molecule has 628 valence electrons. The number of anilines is 5. The third kappa shape index (κ3) is 17.5. The van der Waals surface area contributed by atoms with Crippen LogP contribution in [0.2, 0.25) is 0 Å². The van der Waals surface area contributed by atoms with Gasteiger partial charge in [-0.25, -0.2) is 25.3 Å². The Morgan fingerprint density at radius 1 is 0.415 bits per heavy atom. The van der Waals surface area contributed by atoms with E-state index in [1.54, 1.807) is 74.9 Å². The van der Waals surface area contributed by atoms with Crippen LogP contribution in [0.25, 0.3) is 0 Å². The topological polar surface area (TPSA) is 294 Å². The van der Waals surface area contributed by atoms with Gasteiger partial charge in [-0.3, -0.25) is 23.8 Å². The van der Waals surface area contributed by atoms with Gasteiger partial charge in [-0.1, -0.05) is 79.9 Å². The van der Waals surface area contributed by atoms with Crippen LogP contribution in [0.4, 0.5) is 28.4 Å². The molecule has 9 aliphatic rings. The standard InChI is InChI=1S/C32H37N3O6S.C25H31N3O3.C25H30N2O5S.C7H7ClO3S/c1-34-17-13-25(14-18-34)41-28-20-23(33-42(37,38)29-8-5-4-7-27(29)40-3)19-26-30(28)35(31(36)32(26)15-6-16-32)21-22-9-11-24(39-2)12-10-22;1-27-12-8-20(9-13-27)31-22-15-18(26)14-21-23(22)28(24(29)25(21)10-3-11-25)16-17-4-6-19(30-2)7-5-17;1-27-12-8-18(9-13-27)32-22-15-17(14-20-19(22)16-24(28)25(20)10-5-11-25)26-33(29,30)23-7-4-3-6-21(23)31-2;1-11-6-4-2-3-5-7(6)12(8,9)10/h4-5,7-12,19-20,25,33H,6,13-18,21H2,1-3H3;4-7,14-15,20H,3,8-13,16,26H2,1-2H3;3-4,6-7,14-15,18,26H,5,8-13,16H2,1-2H3;2-5H,1H3. The fourth-order valence-electron chi connectivity index (χ4n) is 17.6. The number of ether oxygens (including phenoxy) is 8. The van der Waals surface area contributed by atoms with Crippen molar-refractivity contribution >= 4 is 85.8 Å². The molecule has 3 saturated heterocycles. The minimum absolute atomic E-state index is 0.00540. The number of nitrogens with two attached hydrogens (primary N) is 1. The van der Waals surface area contributed by atoms with Crippen molar-refractivity contribution < 1.29 is 77.5 Å². The Kier molecular flexibility index (Phi) is 25.3. The molecular formula is C89H105ClN8O17S3. The molecule has 6 fully saturated rings. The second kappa shape index (κ2) is 35.2. The van der Waals surface area contributed by atoms with Gasteiger partial charge in [0.1, 0.15) is 84.8 Å². The van der Waals surface area contributed by atoms with Gasteiger partial charge in [-0.05, 0) is 205 Å². The number of likely N-dealkylation sites (tertiary alicyclic amines) is 3. The molecule has 3 saturated carbocycles. The number of sulfonamides is 2. The highest BCUT2D eigenvalue weighted by Gasteiger charge is 2.58. The molecule has 0 radical (unpaired) electrons. The first-order valence-electron chi connectivity index (χ1n) is 40.3. The van der Waals surface area contributed by atoms with Crippen molar-refractivity contribution in [3.8, 4) is 46.0 Å². The molecule has 0 atom stereocenters. The maximum atomic E-state index is 14.2. The molecule has 25 nitrogen and oxygen atoms in total. The Hall–Kier alpha value is -9.81. The average Bonchev–Trinajstić information content (AvgIpc) is 1.54. The normalized spacial score (nSPS) is 18.8. The minimum Gasteiger partial charge on any atom is -0.497 e. The van der Waals surface area contributed by atoms with Gasteiger partial charge in [0.2, 0.25) is 11.8 Å². The van der Waals surface area contributed by atoms with Crippen molar-refractivity contribution in [2.24, 2.45) is 0 Å². The van der Waals surface area contributed by atoms with E-state index in [-0.39, 0.29) is 67.8 Å². The molecular weight excluding hydrogens is 1580 g/mol. The van der Waals surface area contributed by atoms with Crippen molar-refractivity contribution in [2.45, 2.75) is 165 Å². The van der Waals surface area contributed by atoms with Crippen molar-refractivity contribution in [1.29, 1.82) is 0 Å². The number of hydrogen-bond donors (Lipinski definition) is 3. The summed E-state index contributed by atoms with van der Waals surface area (Å²) >= 11 is 0. The lowest BCUT2D eigenvalue weighted by molar-refractivity contribution is -0.126. The van der Waals surface area contributed by atoms with Crippen LogP contribution in [-0.2, 0) is 79.2 Å². The SMILES string of the molecule is COc1ccc(CN2C(=O)C3(CCC3)c3cc(N)cc(OC4CCN(C)CC4)c32)cc1.COc1ccc(CN2C(=O)C3(CCC3)c3cc(NS(=O)(=O)c4ccccc4OC)cc(OC4CCN(C)CC4)c32)cc1.COc1ccccc1S(=O)(=O)Cl.COc1ccccc1S(=O)(=O)Nc1cc(OC2CCN(C)CC2)c2c(c1)C1(CCC1)C(=O)C2. The largest absolute Gasteiger partial charge is 0.497 e. The highest BCUT2D eigenvalue weighted by Crippen LogP contribution is 2.60. The number of nitrogens with zero attached hydrogens (tertiary/aromatic N) is 5. The molecule has 8 aromatic rings. The number of fused-ring (bicyclic) bond motifs is 6. The fraction of sp³-hybridized carbons (Fsp3) is 0.427. The lowest BCUT2D eigenvalue weighted by Crippen LogP contribution is -2.44. The van der Waals surface area contributed by atoms with E-state index in [0.717, 1.165) is 185 Å². The van der Waals surface area contributed by atoms with Crippen LogP contribution in [0.1, 0.15) is 130 Å². The molecule has 0 unspecified atom stereocenters. The highest BCUT2D eigenvalue weighted by atomic mass is 35.7. The van der Waals surface area contributed by atoms with Gasteiger partial charge >= 0.3 is 0 Å². The number of rotatable bonds is 22. The zero-order chi connectivity index (χ0) is 83.5. The third-order valence-electron chi connectivity index (χ3n) is 24.7. The molecule has 4 aliphatic carbocycles. The number of amides is 2. The van der Waals surface area contributed by atoms with Crippen LogP contribution in [0.15, 0.2) is 172 Å². The number of methoxy groups -OCH3 is 5. The predicted octanol–water partition coefficient (Wildman–Crippen LogP) is 13.8. The van der Waals surface area contributed by atoms with Gasteiger partial charge in [0.05, 0.1) is 87.6 Å². The zero-order valence-electron chi connectivity index (χ0n) is 68.1. The van der Waals surface area contributed by atoms with E-state index in [9.17, 15) is 39.6 Å². The third-order valence-corrected chi connectivity index (χ3v) is 28.9. The molecule has 4 N–H and O–H groups in total. The second-order valence-electron chi connectivity index (χ2n) is 32.1. The summed E-state index contributed by atoms with van der Waals surface area (Å²) in [6.07, 6.45) is 13.8. The number of nitrogens with one attached hydrogen (secondary N) is 2. The summed E-state index contributed by atoms with van der Waals surface area (Å²) in [5, 5.41) is 0. The molecule has 2 amide bonds. The van der Waals surface area contributed by atoms with Gasteiger partial charge in [-0.2, -0.15) is 0 Å². The van der Waals surface area contributed by atoms with E-state index >= 15 is 0 Å². The number of halogens is 1. The Bertz CT molecular complexity index is 5370. The Balaban J connectivity index is 0.000000137. The number of carbonyl (C=O) groups excluding carboxylic acids is 3. The van der Waals surface area contributed by atoms with Gasteiger partial charge in [-0.15, -0.1) is 0 Å². The Morgan fingerprint density at radius 2 is 0.763 bits per heavy atom. The number of benzene rings is 8. The van der Waals surface area contributed by atoms with Gasteiger partial charge in [0.25, 0.3) is 29.1 Å². The van der Waals surface area contributed by atoms with E-state index in [0.29, 0.717) is 60.9 Å². The molecule has 0 bridgehead atoms. The minimum atomic E-state index is -3.99. The molecule has 118 heavy (non-hydrogen) atoms. The number of para-hydroxylation sites is 3. The van der Waals surface area contributed by atoms with Crippen LogP contribution in [-0.4, -0.2) is 172 Å². The van der Waals surface area contributed by atoms with Crippen molar-refractivity contribution in [2.75, 3.05) is 121 Å². The van der Waals surface area contributed by atoms with E-state index in [2.05, 4.69) is 45.3 Å². The van der Waals surface area contributed by atoms with E-state index in [1.165, 1.54) is 45.6 Å². The summed E-state index contributed by atoms with van der Waals surface area (Å²) < 4.78 is 126. The summed E-state index contributed by atoms with van der Waals surface area (Å²) in [4.78, 5) is 51.6. The molecule has 5 aliphatic heterocycles. The number of hydrogen-bond acceptors (Lipinski definition) is 21. The summed E-state index contributed by atoms with van der Waals surface area (Å²) in [5.41, 5.74) is 13.6. The molecule has 3 spiro atoms. The first-order valence-corrected chi connectivity index (χ1v) is 45.6. The van der Waals surface area contributed by atoms with Gasteiger partial charge < -0.3 is 68.1 Å². The van der Waals surface area contributed by atoms with Crippen LogP contribution >= 0.6 is 10.7 Å². The van der Waals surface area contributed by atoms with E-state index < -0.39 is 45.3 Å². The first-order chi connectivity index (χ1) is 56.6. The Morgan fingerprint density at radius 3 is 1.13 bits per heavy atom. The molecule has 8 aromatic carbocycles. The van der Waals surface area contributed by atoms with Crippen molar-refractivity contribution in [3.63, 3.8) is 0 Å². The first kappa shape index (κ1) is 84.6. The molecule has 5 heterocycles. The summed E-state index contributed by atoms with van der Waals surface area (Å²) in [5.74, 6) is 4.73. The number of ketones is 1. The smallest absolute Gasteiger partial charge is 0.265 e. The monoisotopic (exact) mass is 1690 g/mol. The summed E-state index contributed by atoms with van der Waals surface area (Å²) in [6, 6.07) is 45.9. The Labute approximate surface area is 696 Å². The van der Waals surface area contributed by atoms with Crippen LogP contribution in [0, 0.1) is 0 Å². The van der Waals surface area contributed by atoms with E-state index in [1.807, 2.05) is 82.6 Å². The van der Waals surface area contributed by atoms with Crippen molar-refractivity contribution in [3.05, 3.63) is 191 Å². The lowest BCUT2D eigenvalue weighted by Gasteiger charge is -2.38. The number of piperidine rings is 3. The van der Waals surface area contributed by atoms with Crippen LogP contribution in [0.3, 0.4) is 0 Å². The summed E-state index contributed by atoms with van der Waals surface area (Å²) in [7, 11) is 7.46. The molecule has 0 aromatic heterocycles. The molecule has 17 rings (SSSR count). The number of nitrogen functional groups attached to an aromatic ring is 1. The lowest BCUT2D eigenvalue weighted by atomic mass is 9.64. The number of carbonyl (C=O) groups is 3.